The van der Waals surface area contributed by atoms with Crippen LogP contribution < -0.4 is 10.1 Å². The highest BCUT2D eigenvalue weighted by Gasteiger charge is 2.58. The summed E-state index contributed by atoms with van der Waals surface area (Å²) >= 11 is 0. The summed E-state index contributed by atoms with van der Waals surface area (Å²) in [5.74, 6) is -1.49. The standard InChI is InChI=1S/C17H19F6NO4/c1-15(26,16(20)5-6-16)8-13(25)24-12(9-27-14(18)19)10-3-2-4-11(7-10)28-17(21,22)23/h2-4,7,12,14,26H,5-6,8-9H2,1H3,(H,24,25)/t12-,15-/m0/s1. The Kier molecular flexibility index (Phi) is 6.49. The van der Waals surface area contributed by atoms with Gasteiger partial charge >= 0.3 is 13.0 Å². The number of hydrogen-bond acceptors (Lipinski definition) is 4. The van der Waals surface area contributed by atoms with Gasteiger partial charge < -0.3 is 19.9 Å². The van der Waals surface area contributed by atoms with E-state index in [2.05, 4.69) is 14.8 Å². The van der Waals surface area contributed by atoms with Crippen LogP contribution in [0.15, 0.2) is 24.3 Å². The van der Waals surface area contributed by atoms with Crippen LogP contribution in [0.3, 0.4) is 0 Å². The second-order valence-electron chi connectivity index (χ2n) is 6.75. The lowest BCUT2D eigenvalue weighted by atomic mass is 9.93. The van der Waals surface area contributed by atoms with Gasteiger partial charge in [0.25, 0.3) is 0 Å². The molecule has 1 aliphatic rings. The predicted molar refractivity (Wildman–Crippen MR) is 84.3 cm³/mol. The minimum atomic E-state index is -4.96. The van der Waals surface area contributed by atoms with Gasteiger partial charge in [-0.2, -0.15) is 8.78 Å². The summed E-state index contributed by atoms with van der Waals surface area (Å²) < 4.78 is 83.9. The van der Waals surface area contributed by atoms with Crippen molar-refractivity contribution in [3.05, 3.63) is 29.8 Å². The van der Waals surface area contributed by atoms with Crippen molar-refractivity contribution in [3.8, 4) is 5.75 Å². The molecule has 1 aromatic carbocycles. The van der Waals surface area contributed by atoms with Crippen LogP contribution in [0.5, 0.6) is 5.75 Å². The second kappa shape index (κ2) is 8.16. The normalized spacial score (nSPS) is 19.0. The SMILES string of the molecule is C[C@](O)(CC(=O)N[C@@H](COC(F)F)c1cccc(OC(F)(F)F)c1)C1(F)CC1. The fourth-order valence-corrected chi connectivity index (χ4v) is 2.68. The molecule has 2 rings (SSSR count). The first kappa shape index (κ1) is 22.3. The van der Waals surface area contributed by atoms with Crippen LogP contribution in [-0.2, 0) is 9.53 Å². The summed E-state index contributed by atoms with van der Waals surface area (Å²) in [6.45, 7) is -2.80. The smallest absolute Gasteiger partial charge is 0.406 e. The number of alkyl halides is 6. The van der Waals surface area contributed by atoms with Gasteiger partial charge in [0.05, 0.1) is 19.1 Å². The zero-order chi connectivity index (χ0) is 21.2. The van der Waals surface area contributed by atoms with Crippen molar-refractivity contribution in [1.29, 1.82) is 0 Å². The Bertz CT molecular complexity index is 690. The number of benzene rings is 1. The van der Waals surface area contributed by atoms with Gasteiger partial charge in [-0.25, -0.2) is 4.39 Å². The zero-order valence-electron chi connectivity index (χ0n) is 14.7. The lowest BCUT2D eigenvalue weighted by Crippen LogP contribution is -2.44. The zero-order valence-corrected chi connectivity index (χ0v) is 14.7. The van der Waals surface area contributed by atoms with Crippen LogP contribution >= 0.6 is 0 Å². The number of carbonyl (C=O) groups is 1. The van der Waals surface area contributed by atoms with Gasteiger partial charge in [-0.15, -0.1) is 13.2 Å². The van der Waals surface area contributed by atoms with E-state index in [1.165, 1.54) is 12.1 Å². The molecule has 0 aromatic heterocycles. The second-order valence-corrected chi connectivity index (χ2v) is 6.75. The van der Waals surface area contributed by atoms with Crippen LogP contribution in [0.2, 0.25) is 0 Å². The van der Waals surface area contributed by atoms with Crippen LogP contribution in [0, 0.1) is 0 Å². The molecule has 11 heteroatoms. The average Bonchev–Trinajstić information content (AvgIpc) is 3.29. The molecule has 1 aliphatic carbocycles. The highest BCUT2D eigenvalue weighted by atomic mass is 19.4. The number of halogens is 6. The van der Waals surface area contributed by atoms with Gasteiger partial charge in [-0.1, -0.05) is 12.1 Å². The lowest BCUT2D eigenvalue weighted by molar-refractivity contribution is -0.274. The molecular weight excluding hydrogens is 396 g/mol. The van der Waals surface area contributed by atoms with E-state index in [1.54, 1.807) is 0 Å². The Labute approximate surface area is 156 Å². The van der Waals surface area contributed by atoms with Crippen LogP contribution in [0.25, 0.3) is 0 Å². The first-order valence-corrected chi connectivity index (χ1v) is 8.27. The van der Waals surface area contributed by atoms with Crippen molar-refractivity contribution >= 4 is 5.91 Å². The highest BCUT2D eigenvalue weighted by Crippen LogP contribution is 2.50. The number of amides is 1. The molecule has 2 N–H and O–H groups in total. The molecule has 5 nitrogen and oxygen atoms in total. The van der Waals surface area contributed by atoms with Crippen molar-refractivity contribution in [2.45, 2.75) is 56.5 Å². The maximum atomic E-state index is 14.1. The summed E-state index contributed by atoms with van der Waals surface area (Å²) in [5, 5.41) is 12.4. The van der Waals surface area contributed by atoms with E-state index >= 15 is 0 Å². The van der Waals surface area contributed by atoms with Crippen molar-refractivity contribution in [1.82, 2.24) is 5.32 Å². The van der Waals surface area contributed by atoms with Gasteiger partial charge in [0.2, 0.25) is 5.91 Å². The number of nitrogens with one attached hydrogen (secondary N) is 1. The fourth-order valence-electron chi connectivity index (χ4n) is 2.68. The van der Waals surface area contributed by atoms with Crippen LogP contribution in [0.1, 0.15) is 37.8 Å². The molecule has 0 aliphatic heterocycles. The Hall–Kier alpha value is -2.01. The third-order valence-corrected chi connectivity index (χ3v) is 4.38. The molecule has 0 bridgehead atoms. The Morgan fingerprint density at radius 2 is 1.96 bits per heavy atom. The average molecular weight is 415 g/mol. The maximum absolute atomic E-state index is 14.1. The molecule has 1 aromatic rings. The summed E-state index contributed by atoms with van der Waals surface area (Å²) in [6, 6.07) is 3.08. The molecule has 1 fully saturated rings. The van der Waals surface area contributed by atoms with Gasteiger partial charge in [-0.3, -0.25) is 4.79 Å². The largest absolute Gasteiger partial charge is 0.573 e. The number of carbonyl (C=O) groups excluding carboxylic acids is 1. The molecular formula is C17H19F6NO4. The van der Waals surface area contributed by atoms with E-state index in [4.69, 9.17) is 0 Å². The first-order chi connectivity index (χ1) is 12.8. The van der Waals surface area contributed by atoms with Crippen LogP contribution in [0.4, 0.5) is 26.3 Å². The van der Waals surface area contributed by atoms with E-state index in [9.17, 15) is 36.2 Å². The van der Waals surface area contributed by atoms with E-state index in [1.807, 2.05) is 0 Å². The fraction of sp³-hybridized carbons (Fsp3) is 0.588. The Morgan fingerprint density at radius 1 is 1.32 bits per heavy atom. The lowest BCUT2D eigenvalue weighted by Gasteiger charge is -2.28. The quantitative estimate of drug-likeness (QED) is 0.605. The minimum absolute atomic E-state index is 0.00298. The third kappa shape index (κ3) is 6.26. The third-order valence-electron chi connectivity index (χ3n) is 4.38. The topological polar surface area (TPSA) is 67.8 Å². The van der Waals surface area contributed by atoms with E-state index in [0.29, 0.717) is 0 Å². The van der Waals surface area contributed by atoms with Gasteiger partial charge in [-0.05, 0) is 37.5 Å². The summed E-state index contributed by atoms with van der Waals surface area (Å²) in [4.78, 5) is 12.2. The molecule has 0 heterocycles. The van der Waals surface area contributed by atoms with Crippen molar-refractivity contribution in [2.75, 3.05) is 6.61 Å². The molecule has 1 saturated carbocycles. The number of hydrogen-bond donors (Lipinski definition) is 2. The predicted octanol–water partition coefficient (Wildman–Crippen LogP) is 3.62. The van der Waals surface area contributed by atoms with Crippen molar-refractivity contribution < 1.29 is 45.7 Å². The monoisotopic (exact) mass is 415 g/mol. The number of ether oxygens (including phenoxy) is 2. The molecule has 0 radical (unpaired) electrons. The minimum Gasteiger partial charge on any atom is -0.406 e. The maximum Gasteiger partial charge on any atom is 0.573 e. The molecule has 28 heavy (non-hydrogen) atoms. The van der Waals surface area contributed by atoms with E-state index < -0.39 is 55.0 Å². The molecule has 0 unspecified atom stereocenters. The summed E-state index contributed by atoms with van der Waals surface area (Å²) in [7, 11) is 0. The molecule has 158 valence electrons. The highest BCUT2D eigenvalue weighted by molar-refractivity contribution is 5.78. The van der Waals surface area contributed by atoms with E-state index in [-0.39, 0.29) is 18.4 Å². The Balaban J connectivity index is 2.13. The van der Waals surface area contributed by atoms with Gasteiger partial charge in [0.1, 0.15) is 17.0 Å². The van der Waals surface area contributed by atoms with E-state index in [0.717, 1.165) is 19.1 Å². The van der Waals surface area contributed by atoms with Crippen LogP contribution in [-0.4, -0.2) is 41.9 Å². The summed E-state index contributed by atoms with van der Waals surface area (Å²) in [6.07, 6.45) is -5.45. The number of aliphatic hydroxyl groups is 1. The summed E-state index contributed by atoms with van der Waals surface area (Å²) in [5.41, 5.74) is -3.87. The van der Waals surface area contributed by atoms with Gasteiger partial charge in [0.15, 0.2) is 0 Å². The first-order valence-electron chi connectivity index (χ1n) is 8.27. The number of rotatable bonds is 9. The van der Waals surface area contributed by atoms with Crippen molar-refractivity contribution in [2.24, 2.45) is 0 Å². The molecule has 1 amide bonds. The van der Waals surface area contributed by atoms with Crippen molar-refractivity contribution in [3.63, 3.8) is 0 Å². The molecule has 0 saturated heterocycles. The molecule has 2 atom stereocenters. The van der Waals surface area contributed by atoms with Gasteiger partial charge in [0, 0.05) is 0 Å². The Morgan fingerprint density at radius 3 is 2.50 bits per heavy atom. The molecule has 0 spiro atoms.